The van der Waals surface area contributed by atoms with Crippen molar-refractivity contribution in [1.29, 1.82) is 0 Å². The Balaban J connectivity index is 1.61. The van der Waals surface area contributed by atoms with E-state index in [2.05, 4.69) is 0 Å². The van der Waals surface area contributed by atoms with Crippen LogP contribution in [0.1, 0.15) is 56.0 Å². The smallest absolute Gasteiger partial charge is 0.241 e. The number of ether oxygens (including phenoxy) is 2. The minimum absolute atomic E-state index is 0.0813. The van der Waals surface area contributed by atoms with Crippen molar-refractivity contribution >= 4 is 23.1 Å². The first-order chi connectivity index (χ1) is 15.1. The molecule has 2 aromatic carbocycles. The van der Waals surface area contributed by atoms with Crippen LogP contribution in [0.5, 0.6) is 5.75 Å². The van der Waals surface area contributed by atoms with Crippen molar-refractivity contribution < 1.29 is 28.6 Å². The average molecular weight is 441 g/mol. The zero-order valence-electron chi connectivity index (χ0n) is 18.6. The molecule has 2 aromatic rings. The molecule has 0 aliphatic carbocycles. The molecular weight excluding hydrogens is 413 g/mol. The molecule has 1 N–H and O–H groups in total. The predicted molar refractivity (Wildman–Crippen MR) is 118 cm³/mol. The zero-order chi connectivity index (χ0) is 23.1. The molecule has 0 aromatic heterocycles. The van der Waals surface area contributed by atoms with Crippen molar-refractivity contribution in [3.63, 3.8) is 0 Å². The summed E-state index contributed by atoms with van der Waals surface area (Å²) in [5.41, 5.74) is 0.738. The molecule has 7 heteroatoms. The number of amides is 1. The van der Waals surface area contributed by atoms with Crippen molar-refractivity contribution in [3.8, 4) is 5.75 Å². The molecule has 1 saturated heterocycles. The SMILES string of the molecule is CC(F)Oc1cccc(N2C(=O)C(C)(C)c3cc(C(=O)CCC4(O)CCOC4)ccc32)c1. The van der Waals surface area contributed by atoms with Crippen molar-refractivity contribution in [2.24, 2.45) is 0 Å². The van der Waals surface area contributed by atoms with E-state index < -0.39 is 17.4 Å². The topological polar surface area (TPSA) is 76.1 Å². The van der Waals surface area contributed by atoms with Crippen molar-refractivity contribution in [3.05, 3.63) is 53.6 Å². The highest BCUT2D eigenvalue weighted by Crippen LogP contribution is 2.46. The first-order valence-electron chi connectivity index (χ1n) is 10.8. The van der Waals surface area contributed by atoms with Gasteiger partial charge in [-0.2, -0.15) is 0 Å². The molecule has 2 unspecified atom stereocenters. The first-order valence-corrected chi connectivity index (χ1v) is 10.8. The third-order valence-corrected chi connectivity index (χ3v) is 6.24. The van der Waals surface area contributed by atoms with Gasteiger partial charge in [0.25, 0.3) is 0 Å². The van der Waals surface area contributed by atoms with E-state index in [1.807, 2.05) is 13.8 Å². The van der Waals surface area contributed by atoms with E-state index in [0.717, 1.165) is 5.56 Å². The minimum atomic E-state index is -1.47. The minimum Gasteiger partial charge on any atom is -0.461 e. The van der Waals surface area contributed by atoms with Gasteiger partial charge in [-0.3, -0.25) is 14.5 Å². The Morgan fingerprint density at radius 2 is 2.06 bits per heavy atom. The number of ketones is 1. The summed E-state index contributed by atoms with van der Waals surface area (Å²) in [6.45, 7) is 5.70. The van der Waals surface area contributed by atoms with Gasteiger partial charge in [0, 0.05) is 38.0 Å². The Hall–Kier alpha value is -2.77. The Kier molecular flexibility index (Phi) is 5.81. The number of alkyl halides is 1. The van der Waals surface area contributed by atoms with Gasteiger partial charge in [0.15, 0.2) is 5.78 Å². The molecule has 1 fully saturated rings. The second-order valence-electron chi connectivity index (χ2n) is 9.11. The number of Topliss-reactive ketones (excluding diaryl/α,β-unsaturated/α-hetero) is 1. The molecule has 2 atom stereocenters. The molecule has 4 rings (SSSR count). The van der Waals surface area contributed by atoms with Crippen LogP contribution in [0.3, 0.4) is 0 Å². The second-order valence-corrected chi connectivity index (χ2v) is 9.11. The van der Waals surface area contributed by atoms with Gasteiger partial charge in [-0.1, -0.05) is 6.07 Å². The summed E-state index contributed by atoms with van der Waals surface area (Å²) in [5.74, 6) is 0.110. The van der Waals surface area contributed by atoms with Crippen molar-refractivity contribution in [2.75, 3.05) is 18.1 Å². The van der Waals surface area contributed by atoms with Gasteiger partial charge in [0.2, 0.25) is 12.3 Å². The Morgan fingerprint density at radius 3 is 2.75 bits per heavy atom. The molecule has 0 saturated carbocycles. The number of hydrogen-bond acceptors (Lipinski definition) is 5. The number of fused-ring (bicyclic) bond motifs is 1. The molecule has 2 heterocycles. The largest absolute Gasteiger partial charge is 0.461 e. The molecule has 0 bridgehead atoms. The van der Waals surface area contributed by atoms with Gasteiger partial charge in [-0.25, -0.2) is 4.39 Å². The van der Waals surface area contributed by atoms with E-state index in [1.165, 1.54) is 6.92 Å². The summed E-state index contributed by atoms with van der Waals surface area (Å²) >= 11 is 0. The number of benzene rings is 2. The average Bonchev–Trinajstić information content (AvgIpc) is 3.26. The molecule has 1 amide bonds. The van der Waals surface area contributed by atoms with Gasteiger partial charge in [0.1, 0.15) is 5.75 Å². The Bertz CT molecular complexity index is 1040. The fourth-order valence-electron chi connectivity index (χ4n) is 4.33. The third kappa shape index (κ3) is 4.14. The first kappa shape index (κ1) is 22.4. The van der Waals surface area contributed by atoms with Crippen LogP contribution in [0.4, 0.5) is 15.8 Å². The molecule has 6 nitrogen and oxygen atoms in total. The van der Waals surface area contributed by atoms with E-state index >= 15 is 0 Å². The highest BCUT2D eigenvalue weighted by atomic mass is 19.1. The lowest BCUT2D eigenvalue weighted by atomic mass is 9.84. The van der Waals surface area contributed by atoms with E-state index in [4.69, 9.17) is 9.47 Å². The van der Waals surface area contributed by atoms with E-state index in [9.17, 15) is 19.1 Å². The maximum absolute atomic E-state index is 13.3. The number of anilines is 2. The van der Waals surface area contributed by atoms with Gasteiger partial charge in [-0.15, -0.1) is 0 Å². The number of nitrogens with zero attached hydrogens (tertiary/aromatic N) is 1. The number of carbonyl (C=O) groups excluding carboxylic acids is 2. The quantitative estimate of drug-likeness (QED) is 0.643. The number of aliphatic hydroxyl groups is 1. The molecule has 0 radical (unpaired) electrons. The van der Waals surface area contributed by atoms with Crippen molar-refractivity contribution in [2.45, 2.75) is 57.4 Å². The van der Waals surface area contributed by atoms with Crippen molar-refractivity contribution in [1.82, 2.24) is 0 Å². The van der Waals surface area contributed by atoms with E-state index in [-0.39, 0.29) is 24.7 Å². The lowest BCUT2D eigenvalue weighted by Crippen LogP contribution is -2.33. The van der Waals surface area contributed by atoms with Gasteiger partial charge in [-0.05, 0) is 56.2 Å². The Labute approximate surface area is 186 Å². The van der Waals surface area contributed by atoms with Crippen LogP contribution in [0, 0.1) is 0 Å². The number of hydrogen-bond donors (Lipinski definition) is 1. The molecule has 2 aliphatic heterocycles. The fourth-order valence-corrected chi connectivity index (χ4v) is 4.33. The van der Waals surface area contributed by atoms with Crippen LogP contribution >= 0.6 is 0 Å². The summed E-state index contributed by atoms with van der Waals surface area (Å²) in [7, 11) is 0. The third-order valence-electron chi connectivity index (χ3n) is 6.24. The molecule has 2 aliphatic rings. The van der Waals surface area contributed by atoms with Crippen LogP contribution in [-0.2, 0) is 14.9 Å². The lowest BCUT2D eigenvalue weighted by Gasteiger charge is -2.21. The van der Waals surface area contributed by atoms with Crippen LogP contribution in [-0.4, -0.2) is 42.0 Å². The molecule has 170 valence electrons. The van der Waals surface area contributed by atoms with Crippen LogP contribution in [0.25, 0.3) is 0 Å². The summed E-state index contributed by atoms with van der Waals surface area (Å²) in [5, 5.41) is 10.4. The zero-order valence-corrected chi connectivity index (χ0v) is 18.6. The van der Waals surface area contributed by atoms with Gasteiger partial charge >= 0.3 is 0 Å². The van der Waals surface area contributed by atoms with Gasteiger partial charge < -0.3 is 14.6 Å². The molecular formula is C25H28FNO5. The maximum atomic E-state index is 13.3. The molecule has 32 heavy (non-hydrogen) atoms. The number of rotatable bonds is 7. The van der Waals surface area contributed by atoms with E-state index in [1.54, 1.807) is 47.4 Å². The predicted octanol–water partition coefficient (Wildman–Crippen LogP) is 4.45. The fraction of sp³-hybridized carbons (Fsp3) is 0.440. The highest BCUT2D eigenvalue weighted by Gasteiger charge is 2.45. The second kappa shape index (κ2) is 8.30. The maximum Gasteiger partial charge on any atom is 0.241 e. The highest BCUT2D eigenvalue weighted by molar-refractivity contribution is 6.13. The van der Waals surface area contributed by atoms with E-state index in [0.29, 0.717) is 42.1 Å². The summed E-state index contributed by atoms with van der Waals surface area (Å²) < 4.78 is 23.7. The monoisotopic (exact) mass is 441 g/mol. The number of halogens is 1. The standard InChI is InChI=1S/C25H28FNO5/c1-16(26)32-19-6-4-5-18(14-19)27-21-8-7-17(13-20(21)24(2,3)23(27)29)22(28)9-10-25(30)11-12-31-15-25/h4-8,13-14,16,30H,9-12,15H2,1-3H3. The van der Waals surface area contributed by atoms with Gasteiger partial charge in [0.05, 0.1) is 29.0 Å². The normalized spacial score (nSPS) is 22.7. The Morgan fingerprint density at radius 1 is 1.28 bits per heavy atom. The number of carbonyl (C=O) groups is 2. The summed E-state index contributed by atoms with van der Waals surface area (Å²) in [6, 6.07) is 12.0. The summed E-state index contributed by atoms with van der Waals surface area (Å²) in [4.78, 5) is 27.7. The van der Waals surface area contributed by atoms with Crippen LogP contribution in [0.2, 0.25) is 0 Å². The lowest BCUT2D eigenvalue weighted by molar-refractivity contribution is -0.121. The summed E-state index contributed by atoms with van der Waals surface area (Å²) in [6.07, 6.45) is -0.384. The van der Waals surface area contributed by atoms with Crippen LogP contribution in [0.15, 0.2) is 42.5 Å². The molecule has 0 spiro atoms. The van der Waals surface area contributed by atoms with Crippen LogP contribution < -0.4 is 9.64 Å².